The van der Waals surface area contributed by atoms with Crippen molar-refractivity contribution < 1.29 is 4.74 Å². The Morgan fingerprint density at radius 3 is 2.78 bits per heavy atom. The van der Waals surface area contributed by atoms with E-state index in [-0.39, 0.29) is 11.7 Å². The van der Waals surface area contributed by atoms with Gasteiger partial charge in [0.2, 0.25) is 0 Å². The van der Waals surface area contributed by atoms with Gasteiger partial charge in [-0.2, -0.15) is 0 Å². The van der Waals surface area contributed by atoms with E-state index in [2.05, 4.69) is 4.98 Å². The Morgan fingerprint density at radius 1 is 1.17 bits per heavy atom. The number of aromatic nitrogens is 1. The van der Waals surface area contributed by atoms with Gasteiger partial charge < -0.3 is 9.72 Å². The number of hydrogen-bond donors (Lipinski definition) is 1. The number of ether oxygens (including phenoxy) is 1. The molecule has 0 amide bonds. The van der Waals surface area contributed by atoms with Crippen LogP contribution in [0.5, 0.6) is 5.75 Å². The van der Waals surface area contributed by atoms with E-state index in [4.69, 9.17) is 4.74 Å². The molecule has 0 radical (unpaired) electrons. The van der Waals surface area contributed by atoms with E-state index in [1.807, 2.05) is 43.5 Å². The first-order valence-corrected chi connectivity index (χ1v) is 6.73. The van der Waals surface area contributed by atoms with Crippen molar-refractivity contribution in [1.82, 2.24) is 4.98 Å². The summed E-state index contributed by atoms with van der Waals surface area (Å²) in [6.07, 6.45) is 0.127. The molecule has 3 nitrogen and oxygen atoms in total. The van der Waals surface area contributed by atoms with Gasteiger partial charge in [-0.25, -0.2) is 0 Å². The summed E-state index contributed by atoms with van der Waals surface area (Å²) in [5.41, 5.74) is -0.0453. The molecule has 0 saturated heterocycles. The molecule has 1 N–H and O–H groups in total. The van der Waals surface area contributed by atoms with Gasteiger partial charge in [0.1, 0.15) is 10.6 Å². The summed E-state index contributed by atoms with van der Waals surface area (Å²) in [5.74, 6) is 0.801. The number of rotatable bonds is 2. The fraction of sp³-hybridized carbons (Fsp3) is 0.214. The van der Waals surface area contributed by atoms with Gasteiger partial charge in [0.05, 0.1) is 6.10 Å². The monoisotopic (exact) mass is 259 g/mol. The smallest absolute Gasteiger partial charge is 0.256 e. The van der Waals surface area contributed by atoms with Crippen LogP contribution in [-0.4, -0.2) is 11.1 Å². The van der Waals surface area contributed by atoms with Crippen LogP contribution in [0.15, 0.2) is 34.4 Å². The second-order valence-corrected chi connectivity index (χ2v) is 5.41. The molecule has 0 aliphatic heterocycles. The summed E-state index contributed by atoms with van der Waals surface area (Å²) in [7, 11) is 0. The zero-order chi connectivity index (χ0) is 12.7. The summed E-state index contributed by atoms with van der Waals surface area (Å²) in [6, 6.07) is 7.63. The normalized spacial score (nSPS) is 11.5. The van der Waals surface area contributed by atoms with Crippen LogP contribution in [0.25, 0.3) is 21.0 Å². The summed E-state index contributed by atoms with van der Waals surface area (Å²) < 4.78 is 5.68. The van der Waals surface area contributed by atoms with Crippen molar-refractivity contribution in [3.8, 4) is 5.75 Å². The first-order valence-electron chi connectivity index (χ1n) is 5.85. The largest absolute Gasteiger partial charge is 0.491 e. The molecule has 0 spiro atoms. The number of aromatic amines is 1. The Balaban J connectivity index is 2.33. The highest BCUT2D eigenvalue weighted by molar-refractivity contribution is 7.16. The quantitative estimate of drug-likeness (QED) is 0.765. The molecule has 0 aliphatic carbocycles. The van der Waals surface area contributed by atoms with Crippen LogP contribution in [0.2, 0.25) is 0 Å². The van der Waals surface area contributed by atoms with Gasteiger partial charge in [-0.1, -0.05) is 0 Å². The SMILES string of the molecule is CC(C)Oc1ccc2c(=O)[nH]c3sccc3c2c1. The molecule has 4 heteroatoms. The molecule has 2 aromatic heterocycles. The highest BCUT2D eigenvalue weighted by Gasteiger charge is 2.08. The zero-order valence-corrected chi connectivity index (χ0v) is 11.0. The number of H-pyrrole nitrogens is 1. The Bertz CT molecular complexity index is 770. The molecule has 1 aromatic carbocycles. The maximum Gasteiger partial charge on any atom is 0.256 e. The minimum absolute atomic E-state index is 0.0453. The van der Waals surface area contributed by atoms with Gasteiger partial charge in [0, 0.05) is 16.2 Å². The van der Waals surface area contributed by atoms with Crippen molar-refractivity contribution >= 4 is 32.3 Å². The highest BCUT2D eigenvalue weighted by Crippen LogP contribution is 2.28. The second-order valence-electron chi connectivity index (χ2n) is 4.49. The van der Waals surface area contributed by atoms with Gasteiger partial charge in [-0.05, 0) is 43.5 Å². The molecule has 92 valence electrons. The summed E-state index contributed by atoms with van der Waals surface area (Å²) in [5, 5.41) is 4.71. The number of fused-ring (bicyclic) bond motifs is 3. The third-order valence-electron chi connectivity index (χ3n) is 2.79. The number of hydrogen-bond acceptors (Lipinski definition) is 3. The Morgan fingerprint density at radius 2 is 2.00 bits per heavy atom. The van der Waals surface area contributed by atoms with Crippen LogP contribution in [0.4, 0.5) is 0 Å². The first kappa shape index (κ1) is 11.3. The molecule has 0 bridgehead atoms. The van der Waals surface area contributed by atoms with Crippen LogP contribution in [0, 0.1) is 0 Å². The molecule has 3 rings (SSSR count). The van der Waals surface area contributed by atoms with Gasteiger partial charge >= 0.3 is 0 Å². The predicted octanol–water partition coefficient (Wildman–Crippen LogP) is 3.53. The maximum absolute atomic E-state index is 11.9. The van der Waals surface area contributed by atoms with E-state index in [1.165, 1.54) is 11.3 Å². The van der Waals surface area contributed by atoms with Crippen LogP contribution in [0.1, 0.15) is 13.8 Å². The lowest BCUT2D eigenvalue weighted by molar-refractivity contribution is 0.243. The van der Waals surface area contributed by atoms with E-state index in [0.29, 0.717) is 5.39 Å². The Hall–Kier alpha value is -1.81. The average Bonchev–Trinajstić information content (AvgIpc) is 2.76. The maximum atomic E-state index is 11.9. The number of nitrogens with one attached hydrogen (secondary N) is 1. The van der Waals surface area contributed by atoms with Crippen molar-refractivity contribution in [3.63, 3.8) is 0 Å². The van der Waals surface area contributed by atoms with Crippen LogP contribution in [-0.2, 0) is 0 Å². The lowest BCUT2D eigenvalue weighted by Crippen LogP contribution is -2.07. The fourth-order valence-corrected chi connectivity index (χ4v) is 2.88. The molecule has 0 saturated carbocycles. The van der Waals surface area contributed by atoms with Crippen molar-refractivity contribution in [1.29, 1.82) is 0 Å². The second kappa shape index (κ2) is 4.14. The lowest BCUT2D eigenvalue weighted by Gasteiger charge is -2.10. The zero-order valence-electron chi connectivity index (χ0n) is 10.2. The molecule has 0 fully saturated rings. The predicted molar refractivity (Wildman–Crippen MR) is 75.7 cm³/mol. The van der Waals surface area contributed by atoms with E-state index in [0.717, 1.165) is 21.4 Å². The number of pyridine rings is 1. The minimum atomic E-state index is -0.0453. The van der Waals surface area contributed by atoms with Crippen molar-refractivity contribution in [2.75, 3.05) is 0 Å². The molecular weight excluding hydrogens is 246 g/mol. The molecule has 0 aliphatic rings. The summed E-state index contributed by atoms with van der Waals surface area (Å²) in [4.78, 5) is 15.7. The molecule has 18 heavy (non-hydrogen) atoms. The van der Waals surface area contributed by atoms with Gasteiger partial charge in [-0.15, -0.1) is 11.3 Å². The summed E-state index contributed by atoms with van der Waals surface area (Å²) >= 11 is 1.54. The standard InChI is InChI=1S/C14H13NO2S/c1-8(2)17-9-3-4-10-12(7-9)11-5-6-18-14(11)15-13(10)16/h3-8H,1-2H3,(H,15,16). The van der Waals surface area contributed by atoms with Crippen LogP contribution in [0.3, 0.4) is 0 Å². The third-order valence-corrected chi connectivity index (χ3v) is 3.62. The van der Waals surface area contributed by atoms with Crippen molar-refractivity contribution in [2.24, 2.45) is 0 Å². The van der Waals surface area contributed by atoms with E-state index in [9.17, 15) is 4.79 Å². The number of benzene rings is 1. The molecule has 0 atom stereocenters. The van der Waals surface area contributed by atoms with Gasteiger partial charge in [-0.3, -0.25) is 4.79 Å². The van der Waals surface area contributed by atoms with Crippen molar-refractivity contribution in [2.45, 2.75) is 20.0 Å². The Labute approximate surface area is 108 Å². The first-order chi connectivity index (χ1) is 8.65. The average molecular weight is 259 g/mol. The van der Waals surface area contributed by atoms with E-state index >= 15 is 0 Å². The van der Waals surface area contributed by atoms with Gasteiger partial charge in [0.25, 0.3) is 5.56 Å². The van der Waals surface area contributed by atoms with Crippen molar-refractivity contribution in [3.05, 3.63) is 40.0 Å². The minimum Gasteiger partial charge on any atom is -0.491 e. The van der Waals surface area contributed by atoms with Crippen LogP contribution < -0.4 is 10.3 Å². The van der Waals surface area contributed by atoms with E-state index in [1.54, 1.807) is 0 Å². The highest BCUT2D eigenvalue weighted by atomic mass is 32.1. The van der Waals surface area contributed by atoms with E-state index < -0.39 is 0 Å². The Kier molecular flexibility index (Phi) is 2.59. The lowest BCUT2D eigenvalue weighted by atomic mass is 10.1. The number of thiophene rings is 1. The molecule has 2 heterocycles. The third kappa shape index (κ3) is 1.78. The molecule has 0 unspecified atom stereocenters. The fourth-order valence-electron chi connectivity index (χ4n) is 2.08. The molecular formula is C14H13NO2S. The topological polar surface area (TPSA) is 42.1 Å². The molecule has 3 aromatic rings. The van der Waals surface area contributed by atoms with Crippen LogP contribution >= 0.6 is 11.3 Å². The van der Waals surface area contributed by atoms with Gasteiger partial charge in [0.15, 0.2) is 0 Å². The summed E-state index contributed by atoms with van der Waals surface area (Å²) in [6.45, 7) is 3.98.